The Kier molecular flexibility index (Phi) is 3.84. The fourth-order valence-electron chi connectivity index (χ4n) is 1.03. The highest BCUT2D eigenvalue weighted by atomic mass is 32.2. The maximum absolute atomic E-state index is 5.67. The van der Waals surface area contributed by atoms with E-state index >= 15 is 0 Å². The highest BCUT2D eigenvalue weighted by Crippen LogP contribution is 2.33. The molecular weight excluding hydrogens is 194 g/mol. The van der Waals surface area contributed by atoms with Crippen molar-refractivity contribution in [1.29, 1.82) is 0 Å². The number of thioether (sulfide) groups is 1. The molecule has 14 heavy (non-hydrogen) atoms. The molecular formula is C11H17NOS. The van der Waals surface area contributed by atoms with Gasteiger partial charge in [-0.1, -0.05) is 6.07 Å². The molecule has 0 aromatic heterocycles. The highest BCUT2D eigenvalue weighted by Gasteiger charge is 2.16. The third-order valence-electron chi connectivity index (χ3n) is 1.93. The average Bonchev–Trinajstić information content (AvgIpc) is 2.17. The van der Waals surface area contributed by atoms with Crippen LogP contribution >= 0.6 is 11.8 Å². The number of methoxy groups -OCH3 is 1. The molecule has 0 atom stereocenters. The van der Waals surface area contributed by atoms with Gasteiger partial charge in [0.05, 0.1) is 7.11 Å². The quantitative estimate of drug-likeness (QED) is 0.777. The van der Waals surface area contributed by atoms with E-state index in [0.717, 1.165) is 5.75 Å². The topological polar surface area (TPSA) is 35.2 Å². The Bertz CT molecular complexity index is 299. The summed E-state index contributed by atoms with van der Waals surface area (Å²) in [5.74, 6) is 0.892. The van der Waals surface area contributed by atoms with Crippen LogP contribution in [0, 0.1) is 0 Å². The minimum absolute atomic E-state index is 0.0758. The molecule has 1 aromatic carbocycles. The summed E-state index contributed by atoms with van der Waals surface area (Å²) >= 11 is 1.77. The van der Waals surface area contributed by atoms with Gasteiger partial charge in [-0.25, -0.2) is 0 Å². The third-order valence-corrected chi connectivity index (χ3v) is 3.14. The molecule has 1 rings (SSSR count). The van der Waals surface area contributed by atoms with Crippen molar-refractivity contribution < 1.29 is 4.74 Å². The molecule has 0 fully saturated rings. The Balaban J connectivity index is 2.76. The van der Waals surface area contributed by atoms with Crippen LogP contribution in [-0.2, 0) is 0 Å². The van der Waals surface area contributed by atoms with Crippen LogP contribution in [0.3, 0.4) is 0 Å². The number of hydrogen-bond acceptors (Lipinski definition) is 3. The molecule has 0 aliphatic heterocycles. The van der Waals surface area contributed by atoms with Crippen LogP contribution in [0.4, 0.5) is 0 Å². The molecule has 0 spiro atoms. The second kappa shape index (κ2) is 4.71. The van der Waals surface area contributed by atoms with Gasteiger partial charge in [-0.3, -0.25) is 0 Å². The van der Waals surface area contributed by atoms with Crippen LogP contribution in [0.25, 0.3) is 0 Å². The predicted octanol–water partition coefficient (Wildman–Crippen LogP) is 2.52. The van der Waals surface area contributed by atoms with E-state index in [1.165, 1.54) is 4.90 Å². The first-order chi connectivity index (χ1) is 6.57. The zero-order chi connectivity index (χ0) is 10.6. The SMILES string of the molecule is COc1cccc(SC(C)(C)CN)c1. The maximum Gasteiger partial charge on any atom is 0.119 e. The molecule has 0 aliphatic rings. The summed E-state index contributed by atoms with van der Waals surface area (Å²) in [5.41, 5.74) is 5.67. The van der Waals surface area contributed by atoms with Crippen LogP contribution < -0.4 is 10.5 Å². The van der Waals surface area contributed by atoms with Crippen molar-refractivity contribution in [1.82, 2.24) is 0 Å². The Hall–Kier alpha value is -0.670. The lowest BCUT2D eigenvalue weighted by Gasteiger charge is -2.21. The summed E-state index contributed by atoms with van der Waals surface area (Å²) in [6, 6.07) is 8.04. The van der Waals surface area contributed by atoms with Crippen molar-refractivity contribution in [3.05, 3.63) is 24.3 Å². The first-order valence-electron chi connectivity index (χ1n) is 4.60. The fourth-order valence-corrected chi connectivity index (χ4v) is 2.07. The van der Waals surface area contributed by atoms with Gasteiger partial charge in [-0.05, 0) is 32.0 Å². The van der Waals surface area contributed by atoms with Crippen LogP contribution in [0.5, 0.6) is 5.75 Å². The third kappa shape index (κ3) is 3.24. The Labute approximate surface area is 89.8 Å². The van der Waals surface area contributed by atoms with E-state index in [0.29, 0.717) is 6.54 Å². The Morgan fingerprint density at radius 1 is 1.43 bits per heavy atom. The van der Waals surface area contributed by atoms with E-state index in [4.69, 9.17) is 10.5 Å². The van der Waals surface area contributed by atoms with E-state index in [2.05, 4.69) is 19.9 Å². The van der Waals surface area contributed by atoms with E-state index in [9.17, 15) is 0 Å². The highest BCUT2D eigenvalue weighted by molar-refractivity contribution is 8.00. The van der Waals surface area contributed by atoms with Crippen molar-refractivity contribution in [2.75, 3.05) is 13.7 Å². The lowest BCUT2D eigenvalue weighted by molar-refractivity contribution is 0.413. The molecule has 0 amide bonds. The van der Waals surface area contributed by atoms with Crippen LogP contribution in [0.2, 0.25) is 0 Å². The van der Waals surface area contributed by atoms with E-state index < -0.39 is 0 Å². The van der Waals surface area contributed by atoms with Gasteiger partial charge in [0.2, 0.25) is 0 Å². The summed E-state index contributed by atoms with van der Waals surface area (Å²) in [5, 5.41) is 0. The van der Waals surface area contributed by atoms with Crippen LogP contribution in [0.15, 0.2) is 29.2 Å². The molecule has 0 radical (unpaired) electrons. The number of rotatable bonds is 4. The van der Waals surface area contributed by atoms with E-state index in [1.807, 2.05) is 18.2 Å². The Morgan fingerprint density at radius 3 is 2.71 bits per heavy atom. The maximum atomic E-state index is 5.67. The Morgan fingerprint density at radius 2 is 2.14 bits per heavy atom. The molecule has 2 N–H and O–H groups in total. The summed E-state index contributed by atoms with van der Waals surface area (Å²) in [6.07, 6.45) is 0. The lowest BCUT2D eigenvalue weighted by Crippen LogP contribution is -2.26. The van der Waals surface area contributed by atoms with Gasteiger partial charge in [-0.15, -0.1) is 11.8 Å². The number of benzene rings is 1. The van der Waals surface area contributed by atoms with Gasteiger partial charge in [0, 0.05) is 16.2 Å². The standard InChI is InChI=1S/C11H17NOS/c1-11(2,8-12)14-10-6-4-5-9(7-10)13-3/h4-7H,8,12H2,1-3H3. The second-order valence-corrected chi connectivity index (χ2v) is 5.53. The summed E-state index contributed by atoms with van der Waals surface area (Å²) in [6.45, 7) is 4.93. The molecule has 0 bridgehead atoms. The molecule has 0 aliphatic carbocycles. The van der Waals surface area contributed by atoms with Gasteiger partial charge in [-0.2, -0.15) is 0 Å². The molecule has 78 valence electrons. The lowest BCUT2D eigenvalue weighted by atomic mass is 10.2. The van der Waals surface area contributed by atoms with Crippen molar-refractivity contribution >= 4 is 11.8 Å². The number of ether oxygens (including phenoxy) is 1. The molecule has 0 saturated carbocycles. The molecule has 2 nitrogen and oxygen atoms in total. The second-order valence-electron chi connectivity index (χ2n) is 3.74. The van der Waals surface area contributed by atoms with Gasteiger partial charge < -0.3 is 10.5 Å². The first-order valence-corrected chi connectivity index (χ1v) is 5.42. The largest absolute Gasteiger partial charge is 0.497 e. The van der Waals surface area contributed by atoms with Crippen molar-refractivity contribution in [2.24, 2.45) is 5.73 Å². The fraction of sp³-hybridized carbons (Fsp3) is 0.455. The summed E-state index contributed by atoms with van der Waals surface area (Å²) in [7, 11) is 1.68. The van der Waals surface area contributed by atoms with Crippen LogP contribution in [0.1, 0.15) is 13.8 Å². The van der Waals surface area contributed by atoms with Gasteiger partial charge in [0.25, 0.3) is 0 Å². The minimum Gasteiger partial charge on any atom is -0.497 e. The summed E-state index contributed by atoms with van der Waals surface area (Å²) in [4.78, 5) is 1.19. The van der Waals surface area contributed by atoms with E-state index in [1.54, 1.807) is 18.9 Å². The summed E-state index contributed by atoms with van der Waals surface area (Å²) < 4.78 is 5.23. The zero-order valence-corrected chi connectivity index (χ0v) is 9.73. The molecule has 0 heterocycles. The van der Waals surface area contributed by atoms with Crippen molar-refractivity contribution in [3.63, 3.8) is 0 Å². The molecule has 0 saturated heterocycles. The minimum atomic E-state index is 0.0758. The van der Waals surface area contributed by atoms with Crippen molar-refractivity contribution in [2.45, 2.75) is 23.5 Å². The molecule has 3 heteroatoms. The van der Waals surface area contributed by atoms with E-state index in [-0.39, 0.29) is 4.75 Å². The first kappa shape index (κ1) is 11.4. The smallest absolute Gasteiger partial charge is 0.119 e. The normalized spacial score (nSPS) is 11.4. The number of nitrogens with two attached hydrogens (primary N) is 1. The zero-order valence-electron chi connectivity index (χ0n) is 8.91. The van der Waals surface area contributed by atoms with Gasteiger partial charge in [0.1, 0.15) is 5.75 Å². The van der Waals surface area contributed by atoms with Gasteiger partial charge >= 0.3 is 0 Å². The molecule has 1 aromatic rings. The van der Waals surface area contributed by atoms with Gasteiger partial charge in [0.15, 0.2) is 0 Å². The monoisotopic (exact) mass is 211 g/mol. The molecule has 0 unspecified atom stereocenters. The predicted molar refractivity (Wildman–Crippen MR) is 62.0 cm³/mol. The number of hydrogen-bond donors (Lipinski definition) is 1. The van der Waals surface area contributed by atoms with Crippen LogP contribution in [-0.4, -0.2) is 18.4 Å². The average molecular weight is 211 g/mol. The van der Waals surface area contributed by atoms with Crippen molar-refractivity contribution in [3.8, 4) is 5.75 Å².